The molecule has 23 heavy (non-hydrogen) atoms. The molecule has 0 radical (unpaired) electrons. The molecule has 1 aromatic carbocycles. The van der Waals surface area contributed by atoms with E-state index in [0.29, 0.717) is 26.4 Å². The average molecular weight is 437 g/mol. The monoisotopic (exact) mass is 437 g/mol. The first-order chi connectivity index (χ1) is 10.8. The second kappa shape index (κ2) is 14.5. The lowest BCUT2D eigenvalue weighted by molar-refractivity contribution is 0.126. The molecule has 0 aliphatic carbocycles. The first kappa shape index (κ1) is 21.9. The Morgan fingerprint density at radius 2 is 1.91 bits per heavy atom. The predicted octanol–water partition coefficient (Wildman–Crippen LogP) is 2.03. The van der Waals surface area contributed by atoms with Gasteiger partial charge in [-0.3, -0.25) is 4.99 Å². The Bertz CT molecular complexity index is 444. The zero-order chi connectivity index (χ0) is 16.0. The third-order valence-corrected chi connectivity index (χ3v) is 2.90. The van der Waals surface area contributed by atoms with Crippen LogP contribution in [-0.2, 0) is 16.1 Å². The van der Waals surface area contributed by atoms with Gasteiger partial charge in [0.25, 0.3) is 0 Å². The number of benzene rings is 1. The number of ether oxygens (including phenoxy) is 3. The third kappa shape index (κ3) is 9.62. The molecule has 0 saturated carbocycles. The van der Waals surface area contributed by atoms with E-state index in [9.17, 15) is 0 Å². The minimum atomic E-state index is 0. The lowest BCUT2D eigenvalue weighted by Crippen LogP contribution is -2.39. The minimum Gasteiger partial charge on any atom is -0.496 e. The number of methoxy groups -OCH3 is 2. The van der Waals surface area contributed by atoms with E-state index in [0.717, 1.165) is 30.4 Å². The number of rotatable bonds is 10. The van der Waals surface area contributed by atoms with Crippen LogP contribution in [0.4, 0.5) is 0 Å². The first-order valence-corrected chi connectivity index (χ1v) is 7.52. The smallest absolute Gasteiger partial charge is 0.191 e. The van der Waals surface area contributed by atoms with Crippen molar-refractivity contribution >= 4 is 29.9 Å². The van der Waals surface area contributed by atoms with Gasteiger partial charge in [0.1, 0.15) is 5.75 Å². The van der Waals surface area contributed by atoms with Crippen molar-refractivity contribution in [1.82, 2.24) is 10.6 Å². The molecule has 2 N–H and O–H groups in total. The molecule has 0 spiro atoms. The van der Waals surface area contributed by atoms with Crippen LogP contribution in [-0.4, -0.2) is 53.0 Å². The Morgan fingerprint density at radius 3 is 2.61 bits per heavy atom. The van der Waals surface area contributed by atoms with Crippen molar-refractivity contribution in [2.45, 2.75) is 13.5 Å². The number of halogens is 1. The highest BCUT2D eigenvalue weighted by molar-refractivity contribution is 14.0. The maximum atomic E-state index is 5.65. The highest BCUT2D eigenvalue weighted by Gasteiger charge is 2.01. The fourth-order valence-corrected chi connectivity index (χ4v) is 1.84. The van der Waals surface area contributed by atoms with Gasteiger partial charge in [0, 0.05) is 25.8 Å². The molecule has 0 heterocycles. The van der Waals surface area contributed by atoms with E-state index in [1.54, 1.807) is 14.2 Å². The van der Waals surface area contributed by atoms with Gasteiger partial charge in [0.05, 0.1) is 33.5 Å². The summed E-state index contributed by atoms with van der Waals surface area (Å²) >= 11 is 0. The van der Waals surface area contributed by atoms with Crippen molar-refractivity contribution in [3.05, 3.63) is 29.8 Å². The molecular weight excluding hydrogens is 409 g/mol. The molecule has 0 fully saturated rings. The van der Waals surface area contributed by atoms with Crippen molar-refractivity contribution in [2.75, 3.05) is 47.1 Å². The van der Waals surface area contributed by atoms with Crippen LogP contribution in [0, 0.1) is 0 Å². The van der Waals surface area contributed by atoms with Gasteiger partial charge in [0.15, 0.2) is 5.96 Å². The topological polar surface area (TPSA) is 64.1 Å². The van der Waals surface area contributed by atoms with E-state index in [1.165, 1.54) is 0 Å². The largest absolute Gasteiger partial charge is 0.496 e. The summed E-state index contributed by atoms with van der Waals surface area (Å²) in [4.78, 5) is 4.44. The van der Waals surface area contributed by atoms with Gasteiger partial charge in [0.2, 0.25) is 0 Å². The summed E-state index contributed by atoms with van der Waals surface area (Å²) in [5.41, 5.74) is 1.04. The lowest BCUT2D eigenvalue weighted by atomic mass is 10.2. The van der Waals surface area contributed by atoms with Crippen molar-refractivity contribution in [1.29, 1.82) is 0 Å². The van der Waals surface area contributed by atoms with Crippen molar-refractivity contribution in [3.8, 4) is 5.75 Å². The predicted molar refractivity (Wildman–Crippen MR) is 104 cm³/mol. The zero-order valence-corrected chi connectivity index (χ0v) is 16.5. The average Bonchev–Trinajstić information content (AvgIpc) is 2.55. The van der Waals surface area contributed by atoms with Gasteiger partial charge in [-0.15, -0.1) is 24.0 Å². The fraction of sp³-hybridized carbons (Fsp3) is 0.562. The number of para-hydroxylation sites is 1. The molecule has 0 bridgehead atoms. The third-order valence-electron chi connectivity index (χ3n) is 2.90. The van der Waals surface area contributed by atoms with Gasteiger partial charge in [-0.1, -0.05) is 18.2 Å². The van der Waals surface area contributed by atoms with Crippen LogP contribution in [0.15, 0.2) is 29.3 Å². The summed E-state index contributed by atoms with van der Waals surface area (Å²) in [6.45, 7) is 5.90. The van der Waals surface area contributed by atoms with Gasteiger partial charge < -0.3 is 24.8 Å². The van der Waals surface area contributed by atoms with Crippen molar-refractivity contribution in [2.24, 2.45) is 4.99 Å². The number of hydrogen-bond acceptors (Lipinski definition) is 4. The van der Waals surface area contributed by atoms with Crippen molar-refractivity contribution < 1.29 is 14.2 Å². The summed E-state index contributed by atoms with van der Waals surface area (Å²) in [5, 5.41) is 6.36. The second-order valence-electron chi connectivity index (χ2n) is 4.54. The molecule has 0 atom stereocenters. The number of nitrogens with one attached hydrogen (secondary N) is 2. The molecule has 0 aromatic heterocycles. The fourth-order valence-electron chi connectivity index (χ4n) is 1.84. The standard InChI is InChI=1S/C16H27N3O3.HI/c1-4-17-16(18-9-11-20-2)19-10-12-22-13-14-7-5-6-8-15(14)21-3;/h5-8H,4,9-13H2,1-3H3,(H2,17,18,19);1H. The number of guanidine groups is 1. The molecule has 0 aliphatic rings. The molecule has 0 unspecified atom stereocenters. The minimum absolute atomic E-state index is 0. The van der Waals surface area contributed by atoms with Crippen LogP contribution in [0.1, 0.15) is 12.5 Å². The van der Waals surface area contributed by atoms with Gasteiger partial charge in [-0.2, -0.15) is 0 Å². The summed E-state index contributed by atoms with van der Waals surface area (Å²) in [6, 6.07) is 7.85. The van der Waals surface area contributed by atoms with E-state index < -0.39 is 0 Å². The van der Waals surface area contributed by atoms with Crippen molar-refractivity contribution in [3.63, 3.8) is 0 Å². The number of nitrogens with zero attached hydrogens (tertiary/aromatic N) is 1. The molecule has 0 amide bonds. The Morgan fingerprint density at radius 1 is 1.13 bits per heavy atom. The number of hydrogen-bond donors (Lipinski definition) is 2. The quantitative estimate of drug-likeness (QED) is 0.254. The van der Waals surface area contributed by atoms with Crippen LogP contribution in [0.25, 0.3) is 0 Å². The lowest BCUT2D eigenvalue weighted by Gasteiger charge is -2.11. The van der Waals surface area contributed by atoms with E-state index in [4.69, 9.17) is 14.2 Å². The molecular formula is C16H28IN3O3. The molecule has 0 aliphatic heterocycles. The van der Waals surface area contributed by atoms with Gasteiger partial charge in [-0.05, 0) is 13.0 Å². The van der Waals surface area contributed by atoms with E-state index >= 15 is 0 Å². The van der Waals surface area contributed by atoms with Crippen LogP contribution in [0.5, 0.6) is 5.75 Å². The molecule has 1 rings (SSSR count). The number of aliphatic imine (C=N–C) groups is 1. The van der Waals surface area contributed by atoms with Crippen LogP contribution < -0.4 is 15.4 Å². The Labute approximate surface area is 156 Å². The molecule has 132 valence electrons. The molecule has 0 saturated heterocycles. The van der Waals surface area contributed by atoms with Crippen LogP contribution in [0.3, 0.4) is 0 Å². The van der Waals surface area contributed by atoms with E-state index in [1.807, 2.05) is 31.2 Å². The maximum absolute atomic E-state index is 5.65. The SMILES string of the molecule is CCNC(=NCCOCc1ccccc1OC)NCCOC.I. The zero-order valence-electron chi connectivity index (χ0n) is 14.1. The normalized spacial score (nSPS) is 10.8. The summed E-state index contributed by atoms with van der Waals surface area (Å²) in [6.07, 6.45) is 0. The Balaban J connectivity index is 0.00000484. The highest BCUT2D eigenvalue weighted by atomic mass is 127. The summed E-state index contributed by atoms with van der Waals surface area (Å²) in [5.74, 6) is 1.63. The van der Waals surface area contributed by atoms with Crippen LogP contribution in [0.2, 0.25) is 0 Å². The molecule has 7 heteroatoms. The Hall–Kier alpha value is -1.06. The van der Waals surface area contributed by atoms with Gasteiger partial charge >= 0.3 is 0 Å². The Kier molecular flexibility index (Phi) is 13.9. The van der Waals surface area contributed by atoms with Gasteiger partial charge in [-0.25, -0.2) is 0 Å². The first-order valence-electron chi connectivity index (χ1n) is 7.52. The van der Waals surface area contributed by atoms with E-state index in [-0.39, 0.29) is 24.0 Å². The summed E-state index contributed by atoms with van der Waals surface area (Å²) < 4.78 is 15.9. The molecule has 6 nitrogen and oxygen atoms in total. The second-order valence-corrected chi connectivity index (χ2v) is 4.54. The molecule has 1 aromatic rings. The maximum Gasteiger partial charge on any atom is 0.191 e. The highest BCUT2D eigenvalue weighted by Crippen LogP contribution is 2.17. The summed E-state index contributed by atoms with van der Waals surface area (Å²) in [7, 11) is 3.34. The van der Waals surface area contributed by atoms with Crippen LogP contribution >= 0.6 is 24.0 Å². The van der Waals surface area contributed by atoms with E-state index in [2.05, 4.69) is 15.6 Å².